The Morgan fingerprint density at radius 3 is 1.64 bits per heavy atom. The lowest BCUT2D eigenvalue weighted by atomic mass is 10.0. The van der Waals surface area contributed by atoms with E-state index in [9.17, 15) is 51.1 Å². The summed E-state index contributed by atoms with van der Waals surface area (Å²) in [4.78, 5) is 97.6. The van der Waals surface area contributed by atoms with Crippen molar-refractivity contribution in [3.8, 4) is 0 Å². The maximum atomic E-state index is 13.5. The van der Waals surface area contributed by atoms with Crippen LogP contribution in [0.5, 0.6) is 0 Å². The number of ketones is 2. The molecule has 2 amide bonds. The molecule has 2 aliphatic heterocycles. The van der Waals surface area contributed by atoms with E-state index in [-0.39, 0.29) is 60.4 Å². The zero-order chi connectivity index (χ0) is 54.4. The standard InChI is InChI=1S/C29H22F2N4O3.C25H20F2N2O3.C4H4N2O/c30-23-10-8-19(14-24(23)31)17-35-13-3-5-21(29(35)38)26(36)6-2-1-4-18-7-9-20-22(16-27-32-11-12-33-27)28(37)34-25(20)15-18;26-20-10-8-17(12-21(20)27)15-29-11-3-5-19(25(29)32)23(30)6-2-1-4-16-7-9-18-14-24(31)28-22(18)13-16;7-3-4-5-1-2-6-4/h1,3-5,7-16H,2,6,17H2,(H,32,33)(H,34,37);1,3-5,7-13H,2,6,14-15H2,(H,28,31);1-3H,(H,5,6)/b4-1+,22-16-;4-1+;. The van der Waals surface area contributed by atoms with E-state index < -0.39 is 34.4 Å². The number of pyridine rings is 2. The molecule has 0 unspecified atom stereocenters. The summed E-state index contributed by atoms with van der Waals surface area (Å²) in [5, 5.41) is 5.65. The maximum absolute atomic E-state index is 13.5. The number of anilines is 2. The Balaban J connectivity index is 0.000000182. The Morgan fingerprint density at radius 2 is 1.13 bits per heavy atom. The number of benzene rings is 4. The van der Waals surface area contributed by atoms with Gasteiger partial charge in [0.2, 0.25) is 5.91 Å². The van der Waals surface area contributed by atoms with Crippen LogP contribution in [-0.2, 0) is 29.1 Å². The monoisotopic (exact) mass is 1040 g/mol. The van der Waals surface area contributed by atoms with Gasteiger partial charge in [0.1, 0.15) is 5.82 Å². The van der Waals surface area contributed by atoms with E-state index in [4.69, 9.17) is 0 Å². The van der Waals surface area contributed by atoms with Crippen LogP contribution in [0.25, 0.3) is 23.8 Å². The van der Waals surface area contributed by atoms with Crippen LogP contribution in [0.4, 0.5) is 28.9 Å². The van der Waals surface area contributed by atoms with Gasteiger partial charge in [0.25, 0.3) is 17.0 Å². The summed E-state index contributed by atoms with van der Waals surface area (Å²) in [7, 11) is 0. The largest absolute Gasteiger partial charge is 0.345 e. The second-order valence-corrected chi connectivity index (χ2v) is 17.5. The predicted octanol–water partition coefficient (Wildman–Crippen LogP) is 9.63. The summed E-state index contributed by atoms with van der Waals surface area (Å²) >= 11 is 0. The van der Waals surface area contributed by atoms with Crippen LogP contribution in [0.2, 0.25) is 0 Å². The van der Waals surface area contributed by atoms with Crippen LogP contribution >= 0.6 is 0 Å². The number of fused-ring (bicyclic) bond motifs is 2. The van der Waals surface area contributed by atoms with Crippen LogP contribution in [0.1, 0.15) is 96.2 Å². The first-order valence-electron chi connectivity index (χ1n) is 23.9. The number of carbonyl (C=O) groups is 5. The molecule has 10 rings (SSSR count). The molecule has 0 aliphatic carbocycles. The number of hydrogen-bond acceptors (Lipinski definition) is 9. The third-order valence-electron chi connectivity index (χ3n) is 12.0. The summed E-state index contributed by atoms with van der Waals surface area (Å²) in [5.74, 6) is -3.77. The fourth-order valence-corrected chi connectivity index (χ4v) is 8.18. The summed E-state index contributed by atoms with van der Waals surface area (Å²) in [6, 6.07) is 24.2. The summed E-state index contributed by atoms with van der Waals surface area (Å²) in [6.45, 7) is 0.0518. The average molecular weight is 1040 g/mol. The van der Waals surface area contributed by atoms with Gasteiger partial charge in [0.15, 0.2) is 46.9 Å². The van der Waals surface area contributed by atoms with E-state index in [0.717, 1.165) is 52.2 Å². The SMILES string of the molecule is O=C1Cc2ccc(/C=C/CCC(=O)c3cccn(Cc4ccc(F)c(F)c4)c3=O)cc2N1.O=C1Nc2cc(/C=C/CCC(=O)c3cccn(Cc4ccc(F)c(F)c4)c3=O)ccc2/C1=C/c1ncc[nH]1.O=Cc1ncc[nH]1. The van der Waals surface area contributed by atoms with E-state index in [0.29, 0.717) is 59.6 Å². The quantitative estimate of drug-likeness (QED) is 0.0314. The Morgan fingerprint density at radius 1 is 0.597 bits per heavy atom. The number of halogens is 4. The molecule has 388 valence electrons. The number of aldehydes is 1. The summed E-state index contributed by atoms with van der Waals surface area (Å²) < 4.78 is 55.8. The van der Waals surface area contributed by atoms with Gasteiger partial charge in [-0.15, -0.1) is 0 Å². The Bertz CT molecular complexity index is 3730. The van der Waals surface area contributed by atoms with Gasteiger partial charge >= 0.3 is 0 Å². The van der Waals surface area contributed by atoms with Crippen LogP contribution in [-0.4, -0.2) is 58.7 Å². The lowest BCUT2D eigenvalue weighted by Gasteiger charge is -2.08. The van der Waals surface area contributed by atoms with E-state index >= 15 is 0 Å². The topological polar surface area (TPSA) is 211 Å². The number of carbonyl (C=O) groups excluding carboxylic acids is 5. The molecule has 0 saturated carbocycles. The molecule has 0 radical (unpaired) electrons. The predicted molar refractivity (Wildman–Crippen MR) is 282 cm³/mol. The summed E-state index contributed by atoms with van der Waals surface area (Å²) in [6.07, 6.45) is 20.7. The van der Waals surface area contributed by atoms with E-state index in [1.807, 2.05) is 60.7 Å². The highest BCUT2D eigenvalue weighted by atomic mass is 19.2. The minimum absolute atomic E-state index is 0.0182. The van der Waals surface area contributed by atoms with Crippen LogP contribution < -0.4 is 21.8 Å². The number of hydrogen-bond donors (Lipinski definition) is 4. The lowest BCUT2D eigenvalue weighted by Crippen LogP contribution is -2.26. The molecular formula is C58H46F4N8O7. The molecule has 77 heavy (non-hydrogen) atoms. The molecule has 0 saturated heterocycles. The molecule has 4 aromatic heterocycles. The number of nitrogens with one attached hydrogen (secondary N) is 4. The highest BCUT2D eigenvalue weighted by Gasteiger charge is 2.24. The first-order valence-corrected chi connectivity index (χ1v) is 23.9. The third-order valence-corrected chi connectivity index (χ3v) is 12.0. The second kappa shape index (κ2) is 24.9. The average Bonchev–Trinajstić information content (AvgIpc) is 4.27. The molecule has 0 spiro atoms. The molecule has 4 N–H and O–H groups in total. The molecule has 8 aromatic rings. The van der Waals surface area contributed by atoms with Gasteiger partial charge in [-0.3, -0.25) is 33.6 Å². The number of Topliss-reactive ketones (excluding diaryl/α,β-unsaturated/α-hetero) is 2. The number of aromatic nitrogens is 6. The number of aromatic amines is 2. The molecule has 0 bridgehead atoms. The molecule has 0 atom stereocenters. The van der Waals surface area contributed by atoms with Crippen molar-refractivity contribution in [1.29, 1.82) is 0 Å². The molecule has 6 heterocycles. The number of H-pyrrole nitrogens is 2. The number of nitrogens with zero attached hydrogens (tertiary/aromatic N) is 4. The number of rotatable bonds is 16. The Kier molecular flexibility index (Phi) is 17.2. The fourth-order valence-electron chi connectivity index (χ4n) is 8.18. The Hall–Kier alpha value is -9.91. The summed E-state index contributed by atoms with van der Waals surface area (Å²) in [5.41, 5.74) is 5.50. The minimum atomic E-state index is -0.994. The van der Waals surface area contributed by atoms with Crippen molar-refractivity contribution < 1.29 is 41.5 Å². The number of imidazole rings is 2. The molecule has 15 nitrogen and oxygen atoms in total. The molecule has 0 fully saturated rings. The van der Waals surface area contributed by atoms with Gasteiger partial charge in [-0.05, 0) is 107 Å². The molecule has 19 heteroatoms. The smallest absolute Gasteiger partial charge is 0.261 e. The fraction of sp³-hybridized carbons (Fsp3) is 0.121. The highest BCUT2D eigenvalue weighted by molar-refractivity contribution is 6.34. The van der Waals surface area contributed by atoms with Gasteiger partial charge in [-0.25, -0.2) is 27.5 Å². The van der Waals surface area contributed by atoms with Crippen molar-refractivity contribution in [2.24, 2.45) is 0 Å². The van der Waals surface area contributed by atoms with Crippen molar-refractivity contribution in [1.82, 2.24) is 29.1 Å². The van der Waals surface area contributed by atoms with Crippen molar-refractivity contribution in [3.05, 3.63) is 247 Å². The van der Waals surface area contributed by atoms with Crippen LogP contribution in [0.3, 0.4) is 0 Å². The zero-order valence-corrected chi connectivity index (χ0v) is 40.8. The second-order valence-electron chi connectivity index (χ2n) is 17.5. The maximum Gasteiger partial charge on any atom is 0.261 e. The zero-order valence-electron chi connectivity index (χ0n) is 40.8. The number of allylic oxidation sites excluding steroid dienone is 2. The van der Waals surface area contributed by atoms with Gasteiger partial charge < -0.3 is 29.7 Å². The Labute approximate surface area is 436 Å². The van der Waals surface area contributed by atoms with Crippen molar-refractivity contribution in [2.45, 2.75) is 45.2 Å². The first kappa shape index (κ1) is 53.4. The van der Waals surface area contributed by atoms with Crippen molar-refractivity contribution >= 4 is 64.8 Å². The highest BCUT2D eigenvalue weighted by Crippen LogP contribution is 2.34. The van der Waals surface area contributed by atoms with E-state index in [1.165, 1.54) is 52.0 Å². The van der Waals surface area contributed by atoms with Crippen molar-refractivity contribution in [2.75, 3.05) is 10.6 Å². The number of amides is 2. The van der Waals surface area contributed by atoms with E-state index in [2.05, 4.69) is 30.6 Å². The van der Waals surface area contributed by atoms with Gasteiger partial charge in [-0.2, -0.15) is 0 Å². The van der Waals surface area contributed by atoms with Crippen LogP contribution in [0.15, 0.2) is 156 Å². The van der Waals surface area contributed by atoms with Gasteiger partial charge in [-0.1, -0.05) is 60.7 Å². The molecule has 2 aliphatic rings. The van der Waals surface area contributed by atoms with E-state index in [1.54, 1.807) is 36.8 Å². The van der Waals surface area contributed by atoms with Gasteiger partial charge in [0, 0.05) is 67.0 Å². The third kappa shape index (κ3) is 13.8. The van der Waals surface area contributed by atoms with Gasteiger partial charge in [0.05, 0.1) is 36.2 Å². The normalized spacial score (nSPS) is 12.9. The minimum Gasteiger partial charge on any atom is -0.345 e. The molecular weight excluding hydrogens is 997 g/mol. The molecule has 4 aromatic carbocycles. The first-order chi connectivity index (χ1) is 37.2. The van der Waals surface area contributed by atoms with Crippen molar-refractivity contribution in [3.63, 3.8) is 0 Å². The van der Waals surface area contributed by atoms with Crippen LogP contribution in [0, 0.1) is 23.3 Å². The lowest BCUT2D eigenvalue weighted by molar-refractivity contribution is -0.115.